The highest BCUT2D eigenvalue weighted by Crippen LogP contribution is 2.11. The van der Waals surface area contributed by atoms with E-state index in [-0.39, 0.29) is 31.1 Å². The van der Waals surface area contributed by atoms with Crippen molar-refractivity contribution in [3.05, 3.63) is 0 Å². The van der Waals surface area contributed by atoms with Crippen LogP contribution in [0.1, 0.15) is 19.3 Å². The van der Waals surface area contributed by atoms with Crippen molar-refractivity contribution in [1.29, 1.82) is 0 Å². The van der Waals surface area contributed by atoms with Crippen molar-refractivity contribution in [1.82, 2.24) is 0 Å². The second-order valence-electron chi connectivity index (χ2n) is 4.41. The zero-order valence-corrected chi connectivity index (χ0v) is 11.9. The molecule has 0 aromatic heterocycles. The number of carboxylic acid groups (broad SMARTS) is 1. The van der Waals surface area contributed by atoms with Gasteiger partial charge in [-0.3, -0.25) is 4.79 Å². The first-order chi connectivity index (χ1) is 9.31. The van der Waals surface area contributed by atoms with Gasteiger partial charge >= 0.3 is 17.9 Å². The van der Waals surface area contributed by atoms with Crippen LogP contribution in [0.25, 0.3) is 0 Å². The Kier molecular flexibility index (Phi) is 9.14. The van der Waals surface area contributed by atoms with Gasteiger partial charge in [-0.25, -0.2) is 9.59 Å². The van der Waals surface area contributed by atoms with Crippen LogP contribution in [0.3, 0.4) is 0 Å². The van der Waals surface area contributed by atoms with Gasteiger partial charge in [-0.15, -0.1) is 0 Å². The fraction of sp³-hybridized carbons (Fsp3) is 0.727. The SMILES string of the molecule is NCC(CC[C@H](N)C(=O)OC(=O)[C@@H](N)CS)CC(=O)O. The molecule has 0 fully saturated rings. The molecule has 8 nitrogen and oxygen atoms in total. The third-order valence-corrected chi connectivity index (χ3v) is 3.08. The summed E-state index contributed by atoms with van der Waals surface area (Å²) in [5, 5.41) is 8.65. The lowest BCUT2D eigenvalue weighted by Gasteiger charge is -2.15. The van der Waals surface area contributed by atoms with E-state index >= 15 is 0 Å². The molecule has 0 radical (unpaired) electrons. The topological polar surface area (TPSA) is 159 Å². The summed E-state index contributed by atoms with van der Waals surface area (Å²) < 4.78 is 4.49. The van der Waals surface area contributed by atoms with Gasteiger partial charge in [0, 0.05) is 12.2 Å². The van der Waals surface area contributed by atoms with Gasteiger partial charge in [0.05, 0.1) is 0 Å². The van der Waals surface area contributed by atoms with E-state index in [9.17, 15) is 14.4 Å². The van der Waals surface area contributed by atoms with E-state index in [0.717, 1.165) is 0 Å². The molecule has 0 aliphatic heterocycles. The molecule has 0 aromatic rings. The number of carbonyl (C=O) groups is 3. The second-order valence-corrected chi connectivity index (χ2v) is 4.78. The Bertz CT molecular complexity index is 353. The maximum atomic E-state index is 11.5. The van der Waals surface area contributed by atoms with Crippen molar-refractivity contribution in [2.75, 3.05) is 12.3 Å². The van der Waals surface area contributed by atoms with E-state index in [1.807, 2.05) is 0 Å². The molecule has 0 saturated heterocycles. The van der Waals surface area contributed by atoms with E-state index in [0.29, 0.717) is 6.42 Å². The molecule has 0 amide bonds. The van der Waals surface area contributed by atoms with Crippen LogP contribution in [-0.4, -0.2) is 47.4 Å². The number of hydrogen-bond donors (Lipinski definition) is 5. The maximum Gasteiger partial charge on any atom is 0.331 e. The van der Waals surface area contributed by atoms with Gasteiger partial charge in [-0.1, -0.05) is 0 Å². The number of aliphatic carboxylic acids is 1. The lowest BCUT2D eigenvalue weighted by molar-refractivity contribution is -0.161. The quantitative estimate of drug-likeness (QED) is 0.195. The molecular formula is C11H21N3O5S. The van der Waals surface area contributed by atoms with Gasteiger partial charge in [0.15, 0.2) is 0 Å². The fourth-order valence-corrected chi connectivity index (χ4v) is 1.56. The Labute approximate surface area is 122 Å². The average Bonchev–Trinajstić information content (AvgIpc) is 2.41. The Morgan fingerprint density at radius 2 is 1.65 bits per heavy atom. The van der Waals surface area contributed by atoms with Crippen LogP contribution in [0.15, 0.2) is 0 Å². The first-order valence-corrected chi connectivity index (χ1v) is 6.74. The molecule has 0 aromatic carbocycles. The molecule has 116 valence electrons. The number of nitrogens with two attached hydrogens (primary N) is 3. The van der Waals surface area contributed by atoms with Gasteiger partial charge in [-0.05, 0) is 25.3 Å². The molecule has 0 aliphatic rings. The minimum atomic E-state index is -1.02. The summed E-state index contributed by atoms with van der Waals surface area (Å²) in [6.45, 7) is 0.178. The van der Waals surface area contributed by atoms with E-state index in [4.69, 9.17) is 22.3 Å². The highest BCUT2D eigenvalue weighted by Gasteiger charge is 2.23. The van der Waals surface area contributed by atoms with Crippen molar-refractivity contribution in [3.8, 4) is 0 Å². The van der Waals surface area contributed by atoms with Crippen molar-refractivity contribution in [2.24, 2.45) is 23.1 Å². The van der Waals surface area contributed by atoms with E-state index in [1.165, 1.54) is 0 Å². The molecule has 3 atom stereocenters. The van der Waals surface area contributed by atoms with Gasteiger partial charge in [0.1, 0.15) is 12.1 Å². The Morgan fingerprint density at radius 3 is 2.10 bits per heavy atom. The standard InChI is InChI=1S/C11H21N3O5S/c12-4-6(3-9(15)16)1-2-7(13)10(17)19-11(18)8(14)5-20/h6-8,20H,1-5,12-14H2,(H,15,16)/t6?,7-,8-/m0/s1. The molecule has 0 bridgehead atoms. The highest BCUT2D eigenvalue weighted by atomic mass is 32.1. The molecule has 9 heteroatoms. The van der Waals surface area contributed by atoms with Crippen LogP contribution in [0, 0.1) is 5.92 Å². The first kappa shape index (κ1) is 18.8. The van der Waals surface area contributed by atoms with Crippen molar-refractivity contribution in [3.63, 3.8) is 0 Å². The van der Waals surface area contributed by atoms with Crippen LogP contribution in [0.4, 0.5) is 0 Å². The summed E-state index contributed by atoms with van der Waals surface area (Å²) >= 11 is 3.80. The summed E-state index contributed by atoms with van der Waals surface area (Å²) in [4.78, 5) is 33.3. The molecule has 0 saturated carbocycles. The summed E-state index contributed by atoms with van der Waals surface area (Å²) in [5.74, 6) is -2.97. The van der Waals surface area contributed by atoms with Gasteiger partial charge in [0.25, 0.3) is 0 Å². The van der Waals surface area contributed by atoms with Gasteiger partial charge in [-0.2, -0.15) is 12.6 Å². The van der Waals surface area contributed by atoms with Crippen LogP contribution in [0.5, 0.6) is 0 Å². The zero-order chi connectivity index (χ0) is 15.7. The van der Waals surface area contributed by atoms with Crippen molar-refractivity contribution >= 4 is 30.5 Å². The summed E-state index contributed by atoms with van der Waals surface area (Å²) in [6.07, 6.45) is 0.435. The number of hydrogen-bond acceptors (Lipinski definition) is 8. The predicted octanol–water partition coefficient (Wildman–Crippen LogP) is -1.53. The molecule has 7 N–H and O–H groups in total. The Balaban J connectivity index is 4.19. The Hall–Kier alpha value is -1.16. The number of thiol groups is 1. The summed E-state index contributed by atoms with van der Waals surface area (Å²) in [6, 6.07) is -2.01. The average molecular weight is 307 g/mol. The summed E-state index contributed by atoms with van der Waals surface area (Å²) in [7, 11) is 0. The van der Waals surface area contributed by atoms with Crippen LogP contribution in [-0.2, 0) is 19.1 Å². The lowest BCUT2D eigenvalue weighted by atomic mass is 9.97. The number of esters is 2. The van der Waals surface area contributed by atoms with E-state index < -0.39 is 30.0 Å². The second kappa shape index (κ2) is 9.70. The zero-order valence-electron chi connectivity index (χ0n) is 11.0. The molecule has 0 aliphatic carbocycles. The molecule has 0 rings (SSSR count). The van der Waals surface area contributed by atoms with E-state index in [1.54, 1.807) is 0 Å². The minimum Gasteiger partial charge on any atom is -0.481 e. The fourth-order valence-electron chi connectivity index (χ4n) is 1.41. The van der Waals surface area contributed by atoms with Crippen LogP contribution >= 0.6 is 12.6 Å². The van der Waals surface area contributed by atoms with Crippen LogP contribution < -0.4 is 17.2 Å². The Morgan fingerprint density at radius 1 is 1.10 bits per heavy atom. The molecule has 1 unspecified atom stereocenters. The maximum absolute atomic E-state index is 11.5. The van der Waals surface area contributed by atoms with Crippen LogP contribution in [0.2, 0.25) is 0 Å². The smallest absolute Gasteiger partial charge is 0.331 e. The number of carboxylic acids is 1. The minimum absolute atomic E-state index is 0.0508. The van der Waals surface area contributed by atoms with Gasteiger partial charge in [0.2, 0.25) is 0 Å². The highest BCUT2D eigenvalue weighted by molar-refractivity contribution is 7.80. The van der Waals surface area contributed by atoms with Crippen molar-refractivity contribution in [2.45, 2.75) is 31.3 Å². The van der Waals surface area contributed by atoms with Gasteiger partial charge < -0.3 is 27.0 Å². The number of carbonyl (C=O) groups excluding carboxylic acids is 2. The largest absolute Gasteiger partial charge is 0.481 e. The molecular weight excluding hydrogens is 286 g/mol. The molecule has 0 heterocycles. The number of ether oxygens (including phenoxy) is 1. The third-order valence-electron chi connectivity index (χ3n) is 2.69. The van der Waals surface area contributed by atoms with E-state index in [2.05, 4.69) is 17.4 Å². The third kappa shape index (κ3) is 7.43. The summed E-state index contributed by atoms with van der Waals surface area (Å²) in [5.41, 5.74) is 16.3. The monoisotopic (exact) mass is 307 g/mol. The lowest BCUT2D eigenvalue weighted by Crippen LogP contribution is -2.40. The van der Waals surface area contributed by atoms with Crippen molar-refractivity contribution < 1.29 is 24.2 Å². The predicted molar refractivity (Wildman–Crippen MR) is 74.9 cm³/mol. The molecule has 20 heavy (non-hydrogen) atoms. The molecule has 0 spiro atoms. The first-order valence-electron chi connectivity index (χ1n) is 6.11. The normalized spacial score (nSPS) is 15.2. The number of rotatable bonds is 9.